The number of carbonyl (C=O) groups excluding carboxylic acids is 1. The van der Waals surface area contributed by atoms with Crippen LogP contribution in [0.25, 0.3) is 16.7 Å². The van der Waals surface area contributed by atoms with Crippen molar-refractivity contribution < 1.29 is 19.4 Å². The van der Waals surface area contributed by atoms with Crippen LogP contribution in [0.15, 0.2) is 54.3 Å². The second kappa shape index (κ2) is 12.5. The van der Waals surface area contributed by atoms with Crippen molar-refractivity contribution in [3.8, 4) is 11.1 Å². The van der Waals surface area contributed by atoms with Gasteiger partial charge < -0.3 is 15.2 Å². The van der Waals surface area contributed by atoms with Crippen LogP contribution in [0.1, 0.15) is 52.0 Å². The number of unbranched alkanes of at least 4 members (excludes halogenated alkanes) is 2. The van der Waals surface area contributed by atoms with Crippen LogP contribution in [0.4, 0.5) is 10.5 Å². The molecule has 2 amide bonds. The van der Waals surface area contributed by atoms with E-state index in [4.69, 9.17) is 4.74 Å². The standard InChI is InChI=1S/C26H34N2O4/c1-5-8-9-17-27-26(31)28(4)22-12-10-11-21(18-22)19-13-15-20(16-14-19)23(6-2)24(25(29)30)32-7-3/h10-16,18H,5-9,17H2,1-4H3,(H,27,31)(H,29,30)/b24-23-. The van der Waals surface area contributed by atoms with E-state index in [9.17, 15) is 14.7 Å². The zero-order chi connectivity index (χ0) is 23.5. The van der Waals surface area contributed by atoms with Crippen molar-refractivity contribution in [2.75, 3.05) is 25.1 Å². The average Bonchev–Trinajstić information content (AvgIpc) is 2.81. The van der Waals surface area contributed by atoms with Crippen molar-refractivity contribution in [3.05, 3.63) is 59.9 Å². The first-order valence-electron chi connectivity index (χ1n) is 11.2. The van der Waals surface area contributed by atoms with Crippen LogP contribution in [0, 0.1) is 0 Å². The number of carboxylic acid groups (broad SMARTS) is 1. The first-order chi connectivity index (χ1) is 15.4. The Hall–Kier alpha value is -3.28. The Morgan fingerprint density at radius 3 is 2.31 bits per heavy atom. The third-order valence-corrected chi connectivity index (χ3v) is 5.27. The van der Waals surface area contributed by atoms with Gasteiger partial charge >= 0.3 is 12.0 Å². The second-order valence-corrected chi connectivity index (χ2v) is 7.53. The molecular formula is C26H34N2O4. The van der Waals surface area contributed by atoms with Crippen LogP contribution in [0.5, 0.6) is 0 Å². The maximum absolute atomic E-state index is 12.4. The molecule has 0 aliphatic rings. The molecule has 0 aromatic heterocycles. The molecule has 2 aromatic carbocycles. The van der Waals surface area contributed by atoms with Gasteiger partial charge in [0, 0.05) is 24.9 Å². The first-order valence-corrected chi connectivity index (χ1v) is 11.2. The van der Waals surface area contributed by atoms with Gasteiger partial charge in [-0.15, -0.1) is 0 Å². The molecule has 0 bridgehead atoms. The molecule has 0 unspecified atom stereocenters. The zero-order valence-electron chi connectivity index (χ0n) is 19.5. The number of anilines is 1. The minimum atomic E-state index is -1.06. The quantitative estimate of drug-likeness (QED) is 0.259. The number of nitrogens with one attached hydrogen (secondary N) is 1. The molecule has 32 heavy (non-hydrogen) atoms. The minimum Gasteiger partial charge on any atom is -0.487 e. The number of aliphatic carboxylic acids is 1. The van der Waals surface area contributed by atoms with Crippen LogP contribution in [0.3, 0.4) is 0 Å². The summed E-state index contributed by atoms with van der Waals surface area (Å²) in [7, 11) is 1.76. The van der Waals surface area contributed by atoms with E-state index in [-0.39, 0.29) is 11.8 Å². The molecule has 0 spiro atoms. The molecule has 0 saturated carbocycles. The zero-order valence-corrected chi connectivity index (χ0v) is 19.5. The van der Waals surface area contributed by atoms with Crippen molar-refractivity contribution in [1.82, 2.24) is 5.32 Å². The molecule has 0 aliphatic carbocycles. The van der Waals surface area contributed by atoms with Crippen LogP contribution in [-0.4, -0.2) is 37.3 Å². The van der Waals surface area contributed by atoms with Crippen LogP contribution in [-0.2, 0) is 9.53 Å². The Balaban J connectivity index is 2.22. The Morgan fingerprint density at radius 2 is 1.72 bits per heavy atom. The SMILES string of the molecule is CCCCCNC(=O)N(C)c1cccc(-c2ccc(/C(CC)=C(\OCC)C(=O)O)cc2)c1. The molecule has 6 nitrogen and oxygen atoms in total. The monoisotopic (exact) mass is 438 g/mol. The van der Waals surface area contributed by atoms with E-state index in [1.165, 1.54) is 0 Å². The molecule has 0 aliphatic heterocycles. The Morgan fingerprint density at radius 1 is 1.00 bits per heavy atom. The number of rotatable bonds is 11. The summed E-state index contributed by atoms with van der Waals surface area (Å²) in [5, 5.41) is 12.4. The summed E-state index contributed by atoms with van der Waals surface area (Å²) in [5.41, 5.74) is 4.25. The lowest BCUT2D eigenvalue weighted by Gasteiger charge is -2.19. The summed E-state index contributed by atoms with van der Waals surface area (Å²) < 4.78 is 5.37. The molecule has 2 N–H and O–H groups in total. The summed E-state index contributed by atoms with van der Waals surface area (Å²) in [6.45, 7) is 6.79. The van der Waals surface area contributed by atoms with Gasteiger partial charge in [0.25, 0.3) is 0 Å². The lowest BCUT2D eigenvalue weighted by atomic mass is 9.98. The predicted molar refractivity (Wildman–Crippen MR) is 130 cm³/mol. The molecule has 0 radical (unpaired) electrons. The number of amides is 2. The Labute approximate surface area is 190 Å². The van der Waals surface area contributed by atoms with Gasteiger partial charge in [-0.05, 0) is 48.6 Å². The fourth-order valence-corrected chi connectivity index (χ4v) is 3.48. The summed E-state index contributed by atoms with van der Waals surface area (Å²) in [6, 6.07) is 15.4. The molecule has 2 rings (SSSR count). The van der Waals surface area contributed by atoms with Crippen molar-refractivity contribution in [2.24, 2.45) is 0 Å². The van der Waals surface area contributed by atoms with Gasteiger partial charge in [0.1, 0.15) is 0 Å². The Bertz CT molecular complexity index is 935. The second-order valence-electron chi connectivity index (χ2n) is 7.53. The largest absolute Gasteiger partial charge is 0.487 e. The number of allylic oxidation sites excluding steroid dienone is 1. The van der Waals surface area contributed by atoms with Crippen molar-refractivity contribution in [2.45, 2.75) is 46.5 Å². The minimum absolute atomic E-state index is 0.00341. The predicted octanol–water partition coefficient (Wildman–Crippen LogP) is 5.93. The van der Waals surface area contributed by atoms with Crippen LogP contribution in [0.2, 0.25) is 0 Å². The van der Waals surface area contributed by atoms with Gasteiger partial charge in [0.05, 0.1) is 6.61 Å². The lowest BCUT2D eigenvalue weighted by molar-refractivity contribution is -0.136. The van der Waals surface area contributed by atoms with Gasteiger partial charge in [-0.25, -0.2) is 9.59 Å². The van der Waals surface area contributed by atoms with Crippen LogP contribution < -0.4 is 10.2 Å². The number of urea groups is 1. The van der Waals surface area contributed by atoms with Crippen molar-refractivity contribution in [3.63, 3.8) is 0 Å². The number of ether oxygens (including phenoxy) is 1. The maximum Gasteiger partial charge on any atom is 0.371 e. The van der Waals surface area contributed by atoms with E-state index in [1.807, 2.05) is 55.5 Å². The molecular weight excluding hydrogens is 404 g/mol. The molecule has 0 fully saturated rings. The van der Waals surface area contributed by atoms with E-state index in [2.05, 4.69) is 12.2 Å². The fraction of sp³-hybridized carbons (Fsp3) is 0.385. The normalized spacial score (nSPS) is 11.5. The fourth-order valence-electron chi connectivity index (χ4n) is 3.48. The summed E-state index contributed by atoms with van der Waals surface area (Å²) in [4.78, 5) is 25.6. The first kappa shape index (κ1) is 25.0. The number of hydrogen-bond donors (Lipinski definition) is 2. The molecule has 0 saturated heterocycles. The van der Waals surface area contributed by atoms with Gasteiger partial charge in [-0.2, -0.15) is 0 Å². The number of nitrogens with zero attached hydrogens (tertiary/aromatic N) is 1. The maximum atomic E-state index is 12.4. The van der Waals surface area contributed by atoms with Gasteiger partial charge in [0.2, 0.25) is 5.76 Å². The lowest BCUT2D eigenvalue weighted by Crippen LogP contribution is -2.37. The number of hydrogen-bond acceptors (Lipinski definition) is 3. The molecule has 6 heteroatoms. The summed E-state index contributed by atoms with van der Waals surface area (Å²) in [6.07, 6.45) is 3.74. The number of benzene rings is 2. The van der Waals surface area contributed by atoms with E-state index in [1.54, 1.807) is 18.9 Å². The van der Waals surface area contributed by atoms with E-state index >= 15 is 0 Å². The van der Waals surface area contributed by atoms with Crippen molar-refractivity contribution in [1.29, 1.82) is 0 Å². The smallest absolute Gasteiger partial charge is 0.371 e. The summed E-state index contributed by atoms with van der Waals surface area (Å²) >= 11 is 0. The average molecular weight is 439 g/mol. The molecule has 0 heterocycles. The Kier molecular flexibility index (Phi) is 9.79. The highest BCUT2D eigenvalue weighted by molar-refractivity contribution is 5.94. The number of carbonyl (C=O) groups is 2. The number of carboxylic acids is 1. The topological polar surface area (TPSA) is 78.9 Å². The van der Waals surface area contributed by atoms with Crippen LogP contribution >= 0.6 is 0 Å². The van der Waals surface area contributed by atoms with E-state index < -0.39 is 5.97 Å². The van der Waals surface area contributed by atoms with Gasteiger partial charge in [-0.1, -0.05) is 63.1 Å². The highest BCUT2D eigenvalue weighted by atomic mass is 16.5. The van der Waals surface area contributed by atoms with E-state index in [0.29, 0.717) is 25.1 Å². The van der Waals surface area contributed by atoms with Gasteiger partial charge in [0.15, 0.2) is 0 Å². The van der Waals surface area contributed by atoms with Crippen molar-refractivity contribution >= 4 is 23.3 Å². The molecule has 2 aromatic rings. The summed E-state index contributed by atoms with van der Waals surface area (Å²) in [5.74, 6) is -1.06. The highest BCUT2D eigenvalue weighted by Gasteiger charge is 2.16. The van der Waals surface area contributed by atoms with Gasteiger partial charge in [-0.3, -0.25) is 4.90 Å². The van der Waals surface area contributed by atoms with E-state index in [0.717, 1.165) is 41.6 Å². The highest BCUT2D eigenvalue weighted by Crippen LogP contribution is 2.28. The molecule has 0 atom stereocenters. The molecule has 172 valence electrons. The third-order valence-electron chi connectivity index (χ3n) is 5.27. The third kappa shape index (κ3) is 6.61.